The lowest BCUT2D eigenvalue weighted by molar-refractivity contribution is 0.0961. The number of aromatic nitrogens is 5. The lowest BCUT2D eigenvalue weighted by Crippen LogP contribution is -2.17. The third-order valence-electron chi connectivity index (χ3n) is 5.13. The molecule has 178 valence electrons. The highest BCUT2D eigenvalue weighted by atomic mass is 16.2. The van der Waals surface area contributed by atoms with Gasteiger partial charge in [0.15, 0.2) is 5.82 Å². The van der Waals surface area contributed by atoms with E-state index in [0.29, 0.717) is 35.4 Å². The summed E-state index contributed by atoms with van der Waals surface area (Å²) in [7, 11) is 1.62. The number of nitrogens with zero attached hydrogens (tertiary/aromatic N) is 4. The van der Waals surface area contributed by atoms with Crippen molar-refractivity contribution in [2.45, 2.75) is 19.4 Å². The van der Waals surface area contributed by atoms with Crippen LogP contribution in [0.15, 0.2) is 60.8 Å². The molecule has 0 saturated carbocycles. The molecule has 4 rings (SSSR count). The highest BCUT2D eigenvalue weighted by Crippen LogP contribution is 2.16. The van der Waals surface area contributed by atoms with Crippen molar-refractivity contribution < 1.29 is 9.59 Å². The van der Waals surface area contributed by atoms with Crippen molar-refractivity contribution in [3.05, 3.63) is 89.0 Å². The van der Waals surface area contributed by atoms with Gasteiger partial charge in [0.05, 0.1) is 12.2 Å². The van der Waals surface area contributed by atoms with E-state index < -0.39 is 5.91 Å². The largest absolute Gasteiger partial charge is 0.364 e. The van der Waals surface area contributed by atoms with Gasteiger partial charge in [-0.3, -0.25) is 14.7 Å². The predicted molar refractivity (Wildman–Crippen MR) is 131 cm³/mol. The van der Waals surface area contributed by atoms with Gasteiger partial charge >= 0.3 is 0 Å². The molecule has 0 aliphatic heterocycles. The standard InChI is InChI=1S/C24H25N9O2/c1-26-23(35)16-5-2-4-15(12-16)8-9-17-13-21(33-32-17)30-20-10-11-27-24(31-20)28-14-18-6-3-7-19(29-18)22(25)34/h2-7,10-13H,8-9,14H2,1H3,(H2,25,34)(H,26,35)(H3,27,28,30,31,32,33). The Morgan fingerprint density at radius 2 is 1.86 bits per heavy atom. The Hall–Kier alpha value is -4.80. The van der Waals surface area contributed by atoms with Gasteiger partial charge in [0.1, 0.15) is 11.5 Å². The summed E-state index contributed by atoms with van der Waals surface area (Å²) in [5.41, 5.74) is 8.78. The fraction of sp³-hybridized carbons (Fsp3) is 0.167. The van der Waals surface area contributed by atoms with Gasteiger partial charge in [-0.15, -0.1) is 0 Å². The Balaban J connectivity index is 1.33. The van der Waals surface area contributed by atoms with Crippen LogP contribution in [0.2, 0.25) is 0 Å². The van der Waals surface area contributed by atoms with Gasteiger partial charge in [-0.1, -0.05) is 18.2 Å². The molecule has 0 aliphatic carbocycles. The zero-order valence-corrected chi connectivity index (χ0v) is 19.1. The first-order chi connectivity index (χ1) is 17.0. The molecule has 0 saturated heterocycles. The summed E-state index contributed by atoms with van der Waals surface area (Å²) in [6.45, 7) is 0.332. The molecule has 4 aromatic rings. The molecule has 0 bridgehead atoms. The highest BCUT2D eigenvalue weighted by Gasteiger charge is 2.08. The molecule has 2 amide bonds. The van der Waals surface area contributed by atoms with Gasteiger partial charge in [-0.2, -0.15) is 10.1 Å². The van der Waals surface area contributed by atoms with Crippen molar-refractivity contribution in [1.82, 2.24) is 30.5 Å². The third-order valence-corrected chi connectivity index (χ3v) is 5.13. The summed E-state index contributed by atoms with van der Waals surface area (Å²) in [5.74, 6) is 0.907. The summed E-state index contributed by atoms with van der Waals surface area (Å²) in [4.78, 5) is 36.0. The van der Waals surface area contributed by atoms with Crippen molar-refractivity contribution >= 4 is 29.4 Å². The fourth-order valence-electron chi connectivity index (χ4n) is 3.37. The number of H-pyrrole nitrogens is 1. The SMILES string of the molecule is CNC(=O)c1cccc(CCc2cc(Nc3ccnc(NCc4cccc(C(N)=O)n4)n3)n[nH]2)c1. The number of carbonyl (C=O) groups is 2. The summed E-state index contributed by atoms with van der Waals surface area (Å²) < 4.78 is 0. The number of benzene rings is 1. The van der Waals surface area contributed by atoms with Gasteiger partial charge in [0.2, 0.25) is 5.95 Å². The first-order valence-corrected chi connectivity index (χ1v) is 10.9. The van der Waals surface area contributed by atoms with Crippen LogP contribution in [0.5, 0.6) is 0 Å². The van der Waals surface area contributed by atoms with Crippen LogP contribution < -0.4 is 21.7 Å². The number of anilines is 3. The van der Waals surface area contributed by atoms with Crippen LogP contribution in [-0.2, 0) is 19.4 Å². The lowest BCUT2D eigenvalue weighted by Gasteiger charge is -2.07. The Kier molecular flexibility index (Phi) is 7.26. The van der Waals surface area contributed by atoms with E-state index in [-0.39, 0.29) is 11.6 Å². The summed E-state index contributed by atoms with van der Waals surface area (Å²) in [5, 5.41) is 16.2. The molecule has 0 atom stereocenters. The summed E-state index contributed by atoms with van der Waals surface area (Å²) in [6, 6.07) is 16.3. The quantitative estimate of drug-likeness (QED) is 0.235. The van der Waals surface area contributed by atoms with Crippen LogP contribution in [0.1, 0.15) is 37.8 Å². The van der Waals surface area contributed by atoms with Crippen molar-refractivity contribution in [3.63, 3.8) is 0 Å². The number of nitrogens with two attached hydrogens (primary N) is 1. The number of primary amides is 1. The molecule has 6 N–H and O–H groups in total. The second-order valence-corrected chi connectivity index (χ2v) is 7.68. The van der Waals surface area contributed by atoms with Crippen LogP contribution in [0, 0.1) is 0 Å². The van der Waals surface area contributed by atoms with E-state index in [0.717, 1.165) is 24.1 Å². The number of amides is 2. The van der Waals surface area contributed by atoms with Gasteiger partial charge < -0.3 is 21.7 Å². The number of hydrogen-bond donors (Lipinski definition) is 5. The van der Waals surface area contributed by atoms with E-state index >= 15 is 0 Å². The van der Waals surface area contributed by atoms with E-state index in [4.69, 9.17) is 5.73 Å². The molecule has 0 aliphatic rings. The minimum atomic E-state index is -0.579. The first kappa shape index (κ1) is 23.4. The molecule has 1 aromatic carbocycles. The topological polar surface area (TPSA) is 164 Å². The molecule has 3 aromatic heterocycles. The number of hydrogen-bond acceptors (Lipinski definition) is 8. The van der Waals surface area contributed by atoms with Crippen LogP contribution in [0.25, 0.3) is 0 Å². The molecule has 11 nitrogen and oxygen atoms in total. The number of pyridine rings is 1. The maximum atomic E-state index is 11.8. The summed E-state index contributed by atoms with van der Waals surface area (Å²) in [6.07, 6.45) is 3.12. The monoisotopic (exact) mass is 471 g/mol. The van der Waals surface area contributed by atoms with Gasteiger partial charge in [-0.05, 0) is 48.7 Å². The second-order valence-electron chi connectivity index (χ2n) is 7.68. The van der Waals surface area contributed by atoms with Crippen molar-refractivity contribution in [3.8, 4) is 0 Å². The Bertz CT molecular complexity index is 1340. The molecule has 35 heavy (non-hydrogen) atoms. The van der Waals surface area contributed by atoms with E-state index in [1.807, 2.05) is 24.3 Å². The maximum Gasteiger partial charge on any atom is 0.267 e. The number of nitrogens with one attached hydrogen (secondary N) is 4. The minimum absolute atomic E-state index is 0.103. The van der Waals surface area contributed by atoms with E-state index in [9.17, 15) is 9.59 Å². The Morgan fingerprint density at radius 1 is 1.00 bits per heavy atom. The molecule has 0 radical (unpaired) electrons. The predicted octanol–water partition coefficient (Wildman–Crippen LogP) is 2.19. The van der Waals surface area contributed by atoms with E-state index in [2.05, 4.69) is 41.1 Å². The number of rotatable bonds is 10. The minimum Gasteiger partial charge on any atom is -0.364 e. The van der Waals surface area contributed by atoms with Crippen LogP contribution >= 0.6 is 0 Å². The fourth-order valence-corrected chi connectivity index (χ4v) is 3.37. The number of aryl methyl sites for hydroxylation is 2. The van der Waals surface area contributed by atoms with Crippen LogP contribution in [-0.4, -0.2) is 44.0 Å². The molecular weight excluding hydrogens is 446 g/mol. The van der Waals surface area contributed by atoms with Crippen molar-refractivity contribution in [2.24, 2.45) is 5.73 Å². The third kappa shape index (κ3) is 6.38. The van der Waals surface area contributed by atoms with Crippen LogP contribution in [0.3, 0.4) is 0 Å². The van der Waals surface area contributed by atoms with Gasteiger partial charge in [-0.25, -0.2) is 9.97 Å². The molecule has 11 heteroatoms. The highest BCUT2D eigenvalue weighted by molar-refractivity contribution is 5.94. The second kappa shape index (κ2) is 10.9. The van der Waals surface area contributed by atoms with Crippen LogP contribution in [0.4, 0.5) is 17.6 Å². The average Bonchev–Trinajstić information content (AvgIpc) is 3.33. The number of carbonyl (C=O) groups excluding carboxylic acids is 2. The average molecular weight is 472 g/mol. The van der Waals surface area contributed by atoms with E-state index in [1.165, 1.54) is 0 Å². The zero-order valence-electron chi connectivity index (χ0n) is 19.1. The van der Waals surface area contributed by atoms with E-state index in [1.54, 1.807) is 43.6 Å². The molecule has 0 unspecified atom stereocenters. The normalized spacial score (nSPS) is 10.5. The molecule has 3 heterocycles. The first-order valence-electron chi connectivity index (χ1n) is 10.9. The molecular formula is C24H25N9O2. The van der Waals surface area contributed by atoms with Crippen molar-refractivity contribution in [2.75, 3.05) is 17.7 Å². The Labute approximate surface area is 201 Å². The van der Waals surface area contributed by atoms with Gasteiger partial charge in [0, 0.05) is 30.6 Å². The molecule has 0 spiro atoms. The molecule has 0 fully saturated rings. The smallest absolute Gasteiger partial charge is 0.267 e. The zero-order chi connectivity index (χ0) is 24.6. The number of aromatic amines is 1. The van der Waals surface area contributed by atoms with Gasteiger partial charge in [0.25, 0.3) is 11.8 Å². The summed E-state index contributed by atoms with van der Waals surface area (Å²) >= 11 is 0. The van der Waals surface area contributed by atoms with Crippen molar-refractivity contribution in [1.29, 1.82) is 0 Å². The Morgan fingerprint density at radius 3 is 2.69 bits per heavy atom. The lowest BCUT2D eigenvalue weighted by atomic mass is 10.0. The maximum absolute atomic E-state index is 11.8.